The molecule has 7 heteroatoms. The van der Waals surface area contributed by atoms with Crippen LogP contribution in [0.4, 0.5) is 4.39 Å². The van der Waals surface area contributed by atoms with Gasteiger partial charge in [-0.25, -0.2) is 9.37 Å². The molecule has 0 fully saturated rings. The van der Waals surface area contributed by atoms with E-state index in [9.17, 15) is 9.18 Å². The van der Waals surface area contributed by atoms with Crippen molar-refractivity contribution in [3.05, 3.63) is 57.7 Å². The molecule has 0 aliphatic rings. The number of rotatable bonds is 7. The van der Waals surface area contributed by atoms with Crippen molar-refractivity contribution in [3.8, 4) is 5.75 Å². The Kier molecular flexibility index (Phi) is 5.22. The van der Waals surface area contributed by atoms with Gasteiger partial charge < -0.3 is 9.72 Å². The summed E-state index contributed by atoms with van der Waals surface area (Å²) in [5.74, 6) is 1.05. The van der Waals surface area contributed by atoms with Gasteiger partial charge in [-0.1, -0.05) is 0 Å². The maximum atomic E-state index is 12.8. The van der Waals surface area contributed by atoms with Crippen LogP contribution in [-0.4, -0.2) is 35.1 Å². The van der Waals surface area contributed by atoms with Crippen molar-refractivity contribution in [2.45, 2.75) is 13.0 Å². The molecule has 0 atom stereocenters. The molecule has 1 aromatic carbocycles. The van der Waals surface area contributed by atoms with Crippen LogP contribution in [0, 0.1) is 5.82 Å². The Hall–Kier alpha value is -2.25. The second-order valence-electron chi connectivity index (χ2n) is 5.54. The number of nitrogens with zero attached hydrogens (tertiary/aromatic N) is 2. The van der Waals surface area contributed by atoms with Crippen LogP contribution in [0.2, 0.25) is 0 Å². The van der Waals surface area contributed by atoms with Gasteiger partial charge in [0.2, 0.25) is 0 Å². The highest BCUT2D eigenvalue weighted by atomic mass is 32.1. The summed E-state index contributed by atoms with van der Waals surface area (Å²) in [5, 5.41) is 1.87. The molecule has 0 saturated heterocycles. The van der Waals surface area contributed by atoms with Crippen molar-refractivity contribution in [2.75, 3.05) is 20.2 Å². The zero-order chi connectivity index (χ0) is 16.9. The maximum absolute atomic E-state index is 12.8. The van der Waals surface area contributed by atoms with E-state index in [1.54, 1.807) is 12.1 Å². The minimum Gasteiger partial charge on any atom is -0.494 e. The number of thiophene rings is 1. The average Bonchev–Trinajstić information content (AvgIpc) is 3.02. The lowest BCUT2D eigenvalue weighted by molar-refractivity contribution is 0.255. The van der Waals surface area contributed by atoms with Crippen LogP contribution in [0.15, 0.2) is 40.5 Å². The van der Waals surface area contributed by atoms with E-state index in [0.29, 0.717) is 29.4 Å². The van der Waals surface area contributed by atoms with Crippen LogP contribution in [-0.2, 0) is 6.54 Å². The highest BCUT2D eigenvalue weighted by molar-refractivity contribution is 7.17. The predicted octanol–water partition coefficient (Wildman–Crippen LogP) is 3.02. The average molecular weight is 347 g/mol. The summed E-state index contributed by atoms with van der Waals surface area (Å²) in [7, 11) is 1.97. The lowest BCUT2D eigenvalue weighted by Gasteiger charge is -2.16. The standard InChI is InChI=1S/C17H18FN3O2S/c1-21(8-2-9-23-13-5-3-12(18)4-6-13)11-15-19-14-7-10-24-16(14)17(22)20-15/h3-7,10H,2,8-9,11H2,1H3,(H,19,20,22). The van der Waals surface area contributed by atoms with Crippen LogP contribution >= 0.6 is 11.3 Å². The predicted molar refractivity (Wildman–Crippen MR) is 93.1 cm³/mol. The van der Waals surface area contributed by atoms with Gasteiger partial charge in [0.05, 0.1) is 18.7 Å². The minimum absolute atomic E-state index is 0.0851. The number of H-pyrrole nitrogens is 1. The topological polar surface area (TPSA) is 58.2 Å². The summed E-state index contributed by atoms with van der Waals surface area (Å²) in [4.78, 5) is 21.3. The Balaban J connectivity index is 1.47. The first-order valence-corrected chi connectivity index (χ1v) is 8.53. The first-order chi connectivity index (χ1) is 11.6. The summed E-state index contributed by atoms with van der Waals surface area (Å²) in [6.45, 7) is 1.91. The normalized spacial score (nSPS) is 11.3. The molecule has 2 aromatic heterocycles. The van der Waals surface area contributed by atoms with E-state index in [1.165, 1.54) is 23.5 Å². The zero-order valence-electron chi connectivity index (χ0n) is 13.3. The van der Waals surface area contributed by atoms with Crippen molar-refractivity contribution < 1.29 is 9.13 Å². The van der Waals surface area contributed by atoms with Gasteiger partial charge >= 0.3 is 0 Å². The van der Waals surface area contributed by atoms with Gasteiger partial charge in [0, 0.05) is 6.54 Å². The molecule has 0 aliphatic carbocycles. The number of hydrogen-bond acceptors (Lipinski definition) is 5. The molecule has 5 nitrogen and oxygen atoms in total. The van der Waals surface area contributed by atoms with Gasteiger partial charge in [-0.3, -0.25) is 9.69 Å². The molecule has 0 bridgehead atoms. The van der Waals surface area contributed by atoms with Gasteiger partial charge in [0.1, 0.15) is 22.1 Å². The van der Waals surface area contributed by atoms with E-state index < -0.39 is 0 Å². The molecule has 0 spiro atoms. The van der Waals surface area contributed by atoms with Gasteiger partial charge in [-0.2, -0.15) is 0 Å². The second-order valence-corrected chi connectivity index (χ2v) is 6.46. The Morgan fingerprint density at radius 1 is 1.29 bits per heavy atom. The smallest absolute Gasteiger partial charge is 0.268 e. The zero-order valence-corrected chi connectivity index (χ0v) is 14.1. The Morgan fingerprint density at radius 2 is 2.08 bits per heavy atom. The monoisotopic (exact) mass is 347 g/mol. The van der Waals surface area contributed by atoms with E-state index in [4.69, 9.17) is 4.74 Å². The largest absolute Gasteiger partial charge is 0.494 e. The minimum atomic E-state index is -0.272. The maximum Gasteiger partial charge on any atom is 0.268 e. The molecule has 0 unspecified atom stereocenters. The van der Waals surface area contributed by atoms with Crippen LogP contribution in [0.3, 0.4) is 0 Å². The van der Waals surface area contributed by atoms with E-state index in [0.717, 1.165) is 18.5 Å². The summed E-state index contributed by atoms with van der Waals surface area (Å²) in [6.07, 6.45) is 0.818. The van der Waals surface area contributed by atoms with Gasteiger partial charge in [-0.15, -0.1) is 11.3 Å². The van der Waals surface area contributed by atoms with E-state index in [1.807, 2.05) is 18.5 Å². The van der Waals surface area contributed by atoms with Gasteiger partial charge in [0.15, 0.2) is 0 Å². The molecule has 3 aromatic rings. The number of benzene rings is 1. The molecule has 126 valence electrons. The highest BCUT2D eigenvalue weighted by Crippen LogP contribution is 2.14. The number of aromatic nitrogens is 2. The van der Waals surface area contributed by atoms with Crippen molar-refractivity contribution in [1.29, 1.82) is 0 Å². The third-order valence-electron chi connectivity index (χ3n) is 3.55. The van der Waals surface area contributed by atoms with Crippen LogP contribution in [0.5, 0.6) is 5.75 Å². The van der Waals surface area contributed by atoms with Crippen LogP contribution in [0.25, 0.3) is 10.2 Å². The third-order valence-corrected chi connectivity index (χ3v) is 4.45. The lowest BCUT2D eigenvalue weighted by Crippen LogP contribution is -2.23. The van der Waals surface area contributed by atoms with Crippen molar-refractivity contribution >= 4 is 21.6 Å². The first-order valence-electron chi connectivity index (χ1n) is 7.65. The molecule has 0 aliphatic heterocycles. The quantitative estimate of drug-likeness (QED) is 0.668. The SMILES string of the molecule is CN(CCCOc1ccc(F)cc1)Cc1nc2ccsc2c(=O)[nH]1. The molecule has 3 rings (SSSR count). The molecular formula is C17H18FN3O2S. The van der Waals surface area contributed by atoms with E-state index in [-0.39, 0.29) is 11.4 Å². The molecular weight excluding hydrogens is 329 g/mol. The Bertz CT molecular complexity index is 860. The van der Waals surface area contributed by atoms with Crippen molar-refractivity contribution in [1.82, 2.24) is 14.9 Å². The fourth-order valence-electron chi connectivity index (χ4n) is 2.39. The number of nitrogens with one attached hydrogen (secondary N) is 1. The number of halogens is 1. The van der Waals surface area contributed by atoms with Crippen molar-refractivity contribution in [2.24, 2.45) is 0 Å². The van der Waals surface area contributed by atoms with Gasteiger partial charge in [0.25, 0.3) is 5.56 Å². The second kappa shape index (κ2) is 7.55. The summed E-state index contributed by atoms with van der Waals surface area (Å²) in [6, 6.07) is 7.84. The fraction of sp³-hybridized carbons (Fsp3) is 0.294. The summed E-state index contributed by atoms with van der Waals surface area (Å²) >= 11 is 1.40. The van der Waals surface area contributed by atoms with Crippen molar-refractivity contribution in [3.63, 3.8) is 0 Å². The molecule has 24 heavy (non-hydrogen) atoms. The Morgan fingerprint density at radius 3 is 2.88 bits per heavy atom. The summed E-state index contributed by atoms with van der Waals surface area (Å²) in [5.41, 5.74) is 0.657. The third kappa shape index (κ3) is 4.18. The molecule has 0 radical (unpaired) electrons. The molecule has 1 N–H and O–H groups in total. The van der Waals surface area contributed by atoms with E-state index in [2.05, 4.69) is 14.9 Å². The summed E-state index contributed by atoms with van der Waals surface area (Å²) < 4.78 is 19.0. The number of aromatic amines is 1. The number of fused-ring (bicyclic) bond motifs is 1. The highest BCUT2D eigenvalue weighted by Gasteiger charge is 2.07. The number of ether oxygens (including phenoxy) is 1. The molecule has 0 amide bonds. The van der Waals surface area contributed by atoms with Gasteiger partial charge in [-0.05, 0) is 49.2 Å². The molecule has 2 heterocycles. The Labute approximate surface area is 142 Å². The van der Waals surface area contributed by atoms with E-state index >= 15 is 0 Å². The fourth-order valence-corrected chi connectivity index (χ4v) is 3.11. The van der Waals surface area contributed by atoms with Crippen LogP contribution in [0.1, 0.15) is 12.2 Å². The first kappa shape index (κ1) is 16.6. The van der Waals surface area contributed by atoms with Crippen LogP contribution < -0.4 is 10.3 Å². The molecule has 0 saturated carbocycles. The number of hydrogen-bond donors (Lipinski definition) is 1. The lowest BCUT2D eigenvalue weighted by atomic mass is 10.3.